The number of nitrogens with one attached hydrogen (secondary N) is 1. The van der Waals surface area contributed by atoms with Crippen molar-refractivity contribution in [3.63, 3.8) is 0 Å². The number of halogens is 1. The third-order valence-electron chi connectivity index (χ3n) is 7.81. The van der Waals surface area contributed by atoms with Crippen LogP contribution in [0.2, 0.25) is 0 Å². The van der Waals surface area contributed by atoms with E-state index in [2.05, 4.69) is 5.32 Å². The zero-order chi connectivity index (χ0) is 30.4. The van der Waals surface area contributed by atoms with E-state index in [1.54, 1.807) is 49.4 Å². The second kappa shape index (κ2) is 13.5. The summed E-state index contributed by atoms with van der Waals surface area (Å²) in [5.41, 5.74) is 0.811. The molecule has 5 rings (SSSR count). The van der Waals surface area contributed by atoms with Crippen LogP contribution in [0.25, 0.3) is 0 Å². The van der Waals surface area contributed by atoms with Crippen molar-refractivity contribution >= 4 is 27.5 Å². The van der Waals surface area contributed by atoms with Gasteiger partial charge in [0.2, 0.25) is 11.8 Å². The van der Waals surface area contributed by atoms with Gasteiger partial charge in [0, 0.05) is 18.7 Å². The molecule has 2 aliphatic rings. The molecule has 228 valence electrons. The van der Waals surface area contributed by atoms with Crippen LogP contribution in [0, 0.1) is 5.82 Å². The van der Waals surface area contributed by atoms with Crippen LogP contribution in [0.5, 0.6) is 11.5 Å². The molecule has 3 aromatic carbocycles. The zero-order valence-corrected chi connectivity index (χ0v) is 24.9. The Labute approximate surface area is 251 Å². The molecule has 1 fully saturated rings. The first-order chi connectivity index (χ1) is 20.7. The minimum atomic E-state index is -4.22. The number of benzene rings is 3. The second-order valence-corrected chi connectivity index (χ2v) is 12.7. The van der Waals surface area contributed by atoms with Crippen molar-refractivity contribution < 1.29 is 31.9 Å². The van der Waals surface area contributed by atoms with Crippen LogP contribution in [0.15, 0.2) is 77.7 Å². The van der Waals surface area contributed by atoms with Gasteiger partial charge in [0.05, 0.1) is 10.6 Å². The van der Waals surface area contributed by atoms with Crippen LogP contribution in [0.4, 0.5) is 10.1 Å². The van der Waals surface area contributed by atoms with Crippen LogP contribution in [-0.4, -0.2) is 57.0 Å². The third kappa shape index (κ3) is 7.27. The molecule has 1 N–H and O–H groups in total. The highest BCUT2D eigenvalue weighted by Crippen LogP contribution is 2.36. The Morgan fingerprint density at radius 3 is 2.30 bits per heavy atom. The van der Waals surface area contributed by atoms with Gasteiger partial charge in [-0.05, 0) is 61.7 Å². The molecule has 11 heteroatoms. The lowest BCUT2D eigenvalue weighted by atomic mass is 9.95. The maximum absolute atomic E-state index is 14.1. The third-order valence-corrected chi connectivity index (χ3v) is 9.60. The van der Waals surface area contributed by atoms with E-state index in [1.807, 2.05) is 0 Å². The molecule has 1 atom stereocenters. The van der Waals surface area contributed by atoms with Crippen molar-refractivity contribution in [1.29, 1.82) is 0 Å². The van der Waals surface area contributed by atoms with Gasteiger partial charge in [0.25, 0.3) is 10.0 Å². The summed E-state index contributed by atoms with van der Waals surface area (Å²) in [6.45, 7) is 1.70. The summed E-state index contributed by atoms with van der Waals surface area (Å²) in [5.74, 6) is -0.496. The molecule has 0 unspecified atom stereocenters. The number of rotatable bonds is 10. The van der Waals surface area contributed by atoms with Crippen molar-refractivity contribution in [2.24, 2.45) is 0 Å². The molecular weight excluding hydrogens is 573 g/mol. The average molecular weight is 610 g/mol. The summed E-state index contributed by atoms with van der Waals surface area (Å²) in [6.07, 6.45) is 4.93. The van der Waals surface area contributed by atoms with Crippen LogP contribution < -0.4 is 19.1 Å². The van der Waals surface area contributed by atoms with Gasteiger partial charge < -0.3 is 19.7 Å². The summed E-state index contributed by atoms with van der Waals surface area (Å²) in [6, 6.07) is 17.3. The molecule has 0 bridgehead atoms. The summed E-state index contributed by atoms with van der Waals surface area (Å²) >= 11 is 0. The Morgan fingerprint density at radius 2 is 1.60 bits per heavy atom. The highest BCUT2D eigenvalue weighted by molar-refractivity contribution is 7.92. The smallest absolute Gasteiger partial charge is 0.264 e. The van der Waals surface area contributed by atoms with Gasteiger partial charge in [-0.3, -0.25) is 13.9 Å². The Kier molecular flexibility index (Phi) is 9.49. The largest absolute Gasteiger partial charge is 0.486 e. The lowest BCUT2D eigenvalue weighted by Gasteiger charge is -2.33. The first-order valence-corrected chi connectivity index (χ1v) is 16.0. The molecule has 1 saturated carbocycles. The summed E-state index contributed by atoms with van der Waals surface area (Å²) < 4.78 is 53.9. The number of nitrogens with zero attached hydrogens (tertiary/aromatic N) is 2. The summed E-state index contributed by atoms with van der Waals surface area (Å²) in [5, 5.41) is 3.07. The average Bonchev–Trinajstić information content (AvgIpc) is 3.03. The maximum Gasteiger partial charge on any atom is 0.264 e. The predicted molar refractivity (Wildman–Crippen MR) is 160 cm³/mol. The molecule has 0 spiro atoms. The number of carbonyl (C=O) groups is 2. The van der Waals surface area contributed by atoms with Crippen molar-refractivity contribution in [2.45, 2.75) is 62.6 Å². The van der Waals surface area contributed by atoms with Crippen LogP contribution in [0.3, 0.4) is 0 Å². The molecule has 0 saturated heterocycles. The van der Waals surface area contributed by atoms with Gasteiger partial charge in [-0.2, -0.15) is 0 Å². The van der Waals surface area contributed by atoms with Gasteiger partial charge in [-0.25, -0.2) is 12.8 Å². The number of carbonyl (C=O) groups excluding carboxylic acids is 2. The van der Waals surface area contributed by atoms with E-state index < -0.39 is 34.3 Å². The van der Waals surface area contributed by atoms with E-state index in [0.29, 0.717) is 30.3 Å². The molecule has 1 heterocycles. The van der Waals surface area contributed by atoms with Crippen LogP contribution >= 0.6 is 0 Å². The van der Waals surface area contributed by atoms with E-state index in [9.17, 15) is 22.4 Å². The lowest BCUT2D eigenvalue weighted by molar-refractivity contribution is -0.139. The van der Waals surface area contributed by atoms with Crippen molar-refractivity contribution in [2.75, 3.05) is 24.1 Å². The fourth-order valence-electron chi connectivity index (χ4n) is 5.37. The fourth-order valence-corrected chi connectivity index (χ4v) is 6.80. The van der Waals surface area contributed by atoms with Gasteiger partial charge in [-0.1, -0.05) is 49.6 Å². The topological polar surface area (TPSA) is 105 Å². The number of ether oxygens (including phenoxy) is 2. The van der Waals surface area contributed by atoms with Gasteiger partial charge in [0.1, 0.15) is 31.6 Å². The first kappa shape index (κ1) is 30.3. The molecule has 0 aromatic heterocycles. The van der Waals surface area contributed by atoms with Gasteiger partial charge in [-0.15, -0.1) is 0 Å². The highest BCUT2D eigenvalue weighted by atomic mass is 32.2. The molecule has 43 heavy (non-hydrogen) atoms. The minimum absolute atomic E-state index is 0.00543. The number of anilines is 1. The fraction of sp³-hybridized carbons (Fsp3) is 0.375. The molecule has 1 aliphatic carbocycles. The van der Waals surface area contributed by atoms with Crippen LogP contribution in [0.1, 0.15) is 44.6 Å². The van der Waals surface area contributed by atoms with E-state index in [1.165, 1.54) is 35.2 Å². The normalized spacial score (nSPS) is 15.8. The number of amides is 2. The van der Waals surface area contributed by atoms with Crippen molar-refractivity contribution in [3.05, 3.63) is 84.2 Å². The van der Waals surface area contributed by atoms with Gasteiger partial charge in [0.15, 0.2) is 11.5 Å². The Hall–Kier alpha value is -4.12. The molecule has 9 nitrogen and oxygen atoms in total. The molecule has 1 aliphatic heterocycles. The molecule has 2 amide bonds. The SMILES string of the molecule is C[C@H](C(=O)NC1CCCCC1)N(Cc1ccc(F)cc1)C(=O)CN(c1ccc2c(c1)OCCO2)S(=O)(=O)c1ccccc1. The van der Waals surface area contributed by atoms with Crippen molar-refractivity contribution in [1.82, 2.24) is 10.2 Å². The number of sulfonamides is 1. The summed E-state index contributed by atoms with van der Waals surface area (Å²) in [7, 11) is -4.22. The van der Waals surface area contributed by atoms with E-state index in [0.717, 1.165) is 36.4 Å². The Bertz CT molecular complexity index is 1530. The lowest BCUT2D eigenvalue weighted by Crippen LogP contribution is -2.53. The Balaban J connectivity index is 1.47. The minimum Gasteiger partial charge on any atom is -0.486 e. The van der Waals surface area contributed by atoms with Crippen LogP contribution in [-0.2, 0) is 26.2 Å². The standard InChI is InChI=1S/C32H36FN3O6S/c1-23(32(38)34-26-8-4-2-5-9-26)35(21-24-12-14-25(33)15-13-24)31(37)22-36(43(39,40)28-10-6-3-7-11-28)27-16-17-29-30(20-27)42-19-18-41-29/h3,6-7,10-17,20,23,26H,2,4-5,8-9,18-19,21-22H2,1H3,(H,34,38)/t23-/m1/s1. The van der Waals surface area contributed by atoms with Gasteiger partial charge >= 0.3 is 0 Å². The molecule has 0 radical (unpaired) electrons. The monoisotopic (exact) mass is 609 g/mol. The van der Waals surface area contributed by atoms with Crippen molar-refractivity contribution in [3.8, 4) is 11.5 Å². The Morgan fingerprint density at radius 1 is 0.930 bits per heavy atom. The van der Waals surface area contributed by atoms with E-state index in [4.69, 9.17) is 9.47 Å². The predicted octanol–water partition coefficient (Wildman–Crippen LogP) is 4.66. The quantitative estimate of drug-likeness (QED) is 0.359. The zero-order valence-electron chi connectivity index (χ0n) is 24.1. The van der Waals surface area contributed by atoms with E-state index >= 15 is 0 Å². The number of hydrogen-bond donors (Lipinski definition) is 1. The highest BCUT2D eigenvalue weighted by Gasteiger charge is 2.33. The maximum atomic E-state index is 14.1. The number of hydrogen-bond acceptors (Lipinski definition) is 6. The summed E-state index contributed by atoms with van der Waals surface area (Å²) in [4.78, 5) is 28.9. The molecule has 3 aromatic rings. The van der Waals surface area contributed by atoms with E-state index in [-0.39, 0.29) is 29.1 Å². The first-order valence-electron chi connectivity index (χ1n) is 14.5. The number of fused-ring (bicyclic) bond motifs is 1. The molecular formula is C32H36FN3O6S. The second-order valence-electron chi connectivity index (χ2n) is 10.8.